The van der Waals surface area contributed by atoms with Gasteiger partial charge in [-0.05, 0) is 54.4 Å². The van der Waals surface area contributed by atoms with Crippen molar-refractivity contribution in [2.45, 2.75) is 13.5 Å². The summed E-state index contributed by atoms with van der Waals surface area (Å²) in [5, 5.41) is 3.66. The summed E-state index contributed by atoms with van der Waals surface area (Å²) in [6.07, 6.45) is 1.51. The normalized spacial score (nSPS) is 13.9. The van der Waals surface area contributed by atoms with Crippen molar-refractivity contribution in [1.29, 1.82) is 0 Å². The number of ether oxygens (including phenoxy) is 1. The number of imide groups is 1. The van der Waals surface area contributed by atoms with Crippen LogP contribution in [-0.4, -0.2) is 23.8 Å². The summed E-state index contributed by atoms with van der Waals surface area (Å²) < 4.78 is 10.5. The quantitative estimate of drug-likeness (QED) is 0.586. The van der Waals surface area contributed by atoms with Crippen LogP contribution in [0.4, 0.5) is 5.69 Å². The predicted octanol–water partition coefficient (Wildman–Crippen LogP) is 4.64. The summed E-state index contributed by atoms with van der Waals surface area (Å²) in [6.45, 7) is 1.94. The van der Waals surface area contributed by atoms with Crippen molar-refractivity contribution in [1.82, 2.24) is 4.90 Å². The second-order valence-electron chi connectivity index (χ2n) is 6.84. The molecule has 1 aliphatic rings. The minimum atomic E-state index is -0.432. The summed E-state index contributed by atoms with van der Waals surface area (Å²) in [5.74, 6) is 0.343. The number of anilines is 1. The monoisotopic (exact) mass is 422 g/mol. The molecule has 0 spiro atoms. The van der Waals surface area contributed by atoms with Crippen LogP contribution >= 0.6 is 11.6 Å². The molecule has 0 fully saturated rings. The number of furan rings is 1. The van der Waals surface area contributed by atoms with Gasteiger partial charge in [-0.25, -0.2) is 0 Å². The smallest absolute Gasteiger partial charge is 0.278 e. The number of benzene rings is 2. The van der Waals surface area contributed by atoms with Crippen LogP contribution in [0.1, 0.15) is 16.9 Å². The van der Waals surface area contributed by atoms with E-state index in [0.717, 1.165) is 10.5 Å². The van der Waals surface area contributed by atoms with E-state index in [1.807, 2.05) is 19.1 Å². The molecular formula is C23H19ClN2O4. The third kappa shape index (κ3) is 3.69. The van der Waals surface area contributed by atoms with Gasteiger partial charge in [0, 0.05) is 10.7 Å². The standard InChI is InChI=1S/C23H19ClN2O4/c1-14-5-8-16(12-19(14)24)25-21-20(15-6-9-17(29-2)10-7-15)22(27)26(23(21)28)13-18-4-3-11-30-18/h3-12,25H,13H2,1-2H3. The summed E-state index contributed by atoms with van der Waals surface area (Å²) >= 11 is 6.23. The molecule has 0 bridgehead atoms. The predicted molar refractivity (Wildman–Crippen MR) is 114 cm³/mol. The molecule has 4 rings (SSSR count). The highest BCUT2D eigenvalue weighted by atomic mass is 35.5. The Labute approximate surface area is 178 Å². The van der Waals surface area contributed by atoms with Crippen LogP contribution in [-0.2, 0) is 16.1 Å². The number of nitrogens with zero attached hydrogens (tertiary/aromatic N) is 1. The van der Waals surface area contributed by atoms with Crippen LogP contribution in [0.3, 0.4) is 0 Å². The zero-order valence-electron chi connectivity index (χ0n) is 16.4. The third-order valence-electron chi connectivity index (χ3n) is 4.88. The van der Waals surface area contributed by atoms with Gasteiger partial charge >= 0.3 is 0 Å². The Bertz CT molecular complexity index is 1130. The summed E-state index contributed by atoms with van der Waals surface area (Å²) in [4.78, 5) is 27.6. The molecule has 2 heterocycles. The number of rotatable bonds is 6. The molecule has 0 atom stereocenters. The van der Waals surface area contributed by atoms with E-state index in [0.29, 0.717) is 27.8 Å². The van der Waals surface area contributed by atoms with Gasteiger partial charge in [0.2, 0.25) is 0 Å². The zero-order valence-corrected chi connectivity index (χ0v) is 17.2. The molecule has 0 unspecified atom stereocenters. The number of aryl methyl sites for hydroxylation is 1. The average molecular weight is 423 g/mol. The van der Waals surface area contributed by atoms with Gasteiger partial charge in [-0.1, -0.05) is 29.8 Å². The molecule has 0 radical (unpaired) electrons. The van der Waals surface area contributed by atoms with E-state index in [1.54, 1.807) is 49.6 Å². The van der Waals surface area contributed by atoms with Crippen molar-refractivity contribution < 1.29 is 18.7 Å². The number of hydrogen-bond acceptors (Lipinski definition) is 5. The Morgan fingerprint density at radius 3 is 2.47 bits per heavy atom. The van der Waals surface area contributed by atoms with Crippen LogP contribution in [0.25, 0.3) is 5.57 Å². The van der Waals surface area contributed by atoms with Crippen molar-refractivity contribution >= 4 is 34.7 Å². The molecule has 0 saturated carbocycles. The first-order valence-corrected chi connectivity index (χ1v) is 9.66. The van der Waals surface area contributed by atoms with Crippen LogP contribution in [0.15, 0.2) is 71.0 Å². The van der Waals surface area contributed by atoms with Crippen molar-refractivity contribution in [3.63, 3.8) is 0 Å². The molecule has 1 aromatic heterocycles. The largest absolute Gasteiger partial charge is 0.497 e. The Hall–Kier alpha value is -3.51. The van der Waals surface area contributed by atoms with Crippen molar-refractivity contribution in [2.24, 2.45) is 0 Å². The highest BCUT2D eigenvalue weighted by Crippen LogP contribution is 2.33. The molecular weight excluding hydrogens is 404 g/mol. The van der Waals surface area contributed by atoms with Crippen molar-refractivity contribution in [2.75, 3.05) is 12.4 Å². The van der Waals surface area contributed by atoms with Crippen LogP contribution in [0.2, 0.25) is 5.02 Å². The van der Waals surface area contributed by atoms with Crippen molar-refractivity contribution in [3.05, 3.63) is 88.5 Å². The first-order chi connectivity index (χ1) is 14.5. The molecule has 1 aliphatic heterocycles. The van der Waals surface area contributed by atoms with Crippen LogP contribution in [0, 0.1) is 6.92 Å². The zero-order chi connectivity index (χ0) is 21.3. The number of halogens is 1. The number of nitrogens with one attached hydrogen (secondary N) is 1. The minimum absolute atomic E-state index is 0.0458. The minimum Gasteiger partial charge on any atom is -0.497 e. The first kappa shape index (κ1) is 19.8. The third-order valence-corrected chi connectivity index (χ3v) is 5.29. The van der Waals surface area contributed by atoms with E-state index in [-0.39, 0.29) is 17.8 Å². The van der Waals surface area contributed by atoms with Crippen LogP contribution in [0.5, 0.6) is 5.75 Å². The molecule has 7 heteroatoms. The van der Waals surface area contributed by atoms with E-state index >= 15 is 0 Å². The fourth-order valence-corrected chi connectivity index (χ4v) is 3.41. The lowest BCUT2D eigenvalue weighted by atomic mass is 10.0. The number of methoxy groups -OCH3 is 1. The second kappa shape index (κ2) is 8.08. The topological polar surface area (TPSA) is 71.8 Å². The van der Waals surface area contributed by atoms with Gasteiger partial charge < -0.3 is 14.5 Å². The lowest BCUT2D eigenvalue weighted by molar-refractivity contribution is -0.137. The van der Waals surface area contributed by atoms with Gasteiger partial charge in [0.25, 0.3) is 11.8 Å². The van der Waals surface area contributed by atoms with Crippen LogP contribution < -0.4 is 10.1 Å². The Kier molecular flexibility index (Phi) is 5.33. The molecule has 1 N–H and O–H groups in total. The summed E-state index contributed by atoms with van der Waals surface area (Å²) in [6, 6.07) is 15.8. The maximum atomic E-state index is 13.2. The van der Waals surface area contributed by atoms with Crippen molar-refractivity contribution in [3.8, 4) is 5.75 Å². The maximum Gasteiger partial charge on any atom is 0.278 e. The van der Waals surface area contributed by atoms with Gasteiger partial charge in [-0.15, -0.1) is 0 Å². The Balaban J connectivity index is 1.75. The van der Waals surface area contributed by atoms with Gasteiger partial charge in [-0.2, -0.15) is 0 Å². The molecule has 152 valence electrons. The molecule has 6 nitrogen and oxygen atoms in total. The van der Waals surface area contributed by atoms with E-state index in [1.165, 1.54) is 6.26 Å². The lowest BCUT2D eigenvalue weighted by Crippen LogP contribution is -2.31. The summed E-state index contributed by atoms with van der Waals surface area (Å²) in [5.41, 5.74) is 2.62. The SMILES string of the molecule is COc1ccc(C2=C(Nc3ccc(C)c(Cl)c3)C(=O)N(Cc3ccco3)C2=O)cc1. The Morgan fingerprint density at radius 2 is 1.83 bits per heavy atom. The molecule has 2 aromatic carbocycles. The first-order valence-electron chi connectivity index (χ1n) is 9.28. The molecule has 0 aliphatic carbocycles. The van der Waals surface area contributed by atoms with Gasteiger partial charge in [0.1, 0.15) is 17.2 Å². The highest BCUT2D eigenvalue weighted by Gasteiger charge is 2.39. The number of carbonyl (C=O) groups is 2. The molecule has 0 saturated heterocycles. The number of amides is 2. The molecule has 2 amide bonds. The van der Waals surface area contributed by atoms with E-state index in [2.05, 4.69) is 5.32 Å². The Morgan fingerprint density at radius 1 is 1.07 bits per heavy atom. The highest BCUT2D eigenvalue weighted by molar-refractivity contribution is 6.36. The summed E-state index contributed by atoms with van der Waals surface area (Å²) in [7, 11) is 1.57. The molecule has 30 heavy (non-hydrogen) atoms. The maximum absolute atomic E-state index is 13.2. The number of carbonyl (C=O) groups excluding carboxylic acids is 2. The van der Waals surface area contributed by atoms with Gasteiger partial charge in [0.05, 0.1) is 25.5 Å². The van der Waals surface area contributed by atoms with Gasteiger partial charge in [0.15, 0.2) is 0 Å². The van der Waals surface area contributed by atoms with E-state index < -0.39 is 11.8 Å². The number of hydrogen-bond donors (Lipinski definition) is 1. The fourth-order valence-electron chi connectivity index (χ4n) is 3.23. The van der Waals surface area contributed by atoms with E-state index in [9.17, 15) is 9.59 Å². The lowest BCUT2D eigenvalue weighted by Gasteiger charge is -2.14. The van der Waals surface area contributed by atoms with Gasteiger partial charge in [-0.3, -0.25) is 14.5 Å². The second-order valence-corrected chi connectivity index (χ2v) is 7.25. The molecule has 3 aromatic rings. The average Bonchev–Trinajstić information content (AvgIpc) is 3.34. The fraction of sp³-hybridized carbons (Fsp3) is 0.130. The van der Waals surface area contributed by atoms with E-state index in [4.69, 9.17) is 20.8 Å².